The molecule has 2 aromatic heterocycles. The number of halogens is 1. The average molecular weight is 530 g/mol. The number of hydrogen-bond acceptors (Lipinski definition) is 7. The van der Waals surface area contributed by atoms with E-state index in [1.54, 1.807) is 19.4 Å². The van der Waals surface area contributed by atoms with Crippen LogP contribution in [0.2, 0.25) is 5.02 Å². The molecule has 4 rings (SSSR count). The summed E-state index contributed by atoms with van der Waals surface area (Å²) in [7, 11) is 3.09. The monoisotopic (exact) mass is 529 g/mol. The van der Waals surface area contributed by atoms with Crippen LogP contribution >= 0.6 is 11.6 Å². The smallest absolute Gasteiger partial charge is 0.412 e. The number of nitrogens with zero attached hydrogens (tertiary/aromatic N) is 3. The first-order valence-electron chi connectivity index (χ1n) is 12.0. The number of hydrogen-bond donors (Lipinski definition) is 2. The summed E-state index contributed by atoms with van der Waals surface area (Å²) in [6, 6.07) is 5.34. The summed E-state index contributed by atoms with van der Waals surface area (Å²) >= 11 is 6.27. The van der Waals surface area contributed by atoms with Crippen molar-refractivity contribution >= 4 is 34.7 Å². The summed E-state index contributed by atoms with van der Waals surface area (Å²) in [4.78, 5) is 27.4. The lowest BCUT2D eigenvalue weighted by Gasteiger charge is -2.33. The Morgan fingerprint density at radius 2 is 1.86 bits per heavy atom. The fourth-order valence-electron chi connectivity index (χ4n) is 4.34. The maximum absolute atomic E-state index is 13.6. The molecule has 11 heteroatoms. The number of fused-ring (bicyclic) bond motifs is 1. The van der Waals surface area contributed by atoms with Crippen LogP contribution in [0, 0.1) is 5.41 Å². The Morgan fingerprint density at radius 3 is 2.49 bits per heavy atom. The maximum Gasteiger partial charge on any atom is 0.412 e. The molecule has 0 unspecified atom stereocenters. The first kappa shape index (κ1) is 26.6. The van der Waals surface area contributed by atoms with Crippen LogP contribution in [0.4, 0.5) is 10.5 Å². The molecule has 10 nitrogen and oxygen atoms in total. The lowest BCUT2D eigenvalue weighted by molar-refractivity contribution is 0.0970. The second-order valence-electron chi connectivity index (χ2n) is 9.85. The van der Waals surface area contributed by atoms with Gasteiger partial charge in [0.15, 0.2) is 11.5 Å². The summed E-state index contributed by atoms with van der Waals surface area (Å²) in [5, 5.41) is 11.2. The van der Waals surface area contributed by atoms with Crippen LogP contribution in [0.5, 0.6) is 11.5 Å². The normalized spacial score (nSPS) is 14.1. The number of anilines is 1. The number of Topliss-reactive ketones (excluding diaryl/α,β-unsaturated/α-hetero) is 1. The van der Waals surface area contributed by atoms with E-state index in [1.807, 2.05) is 12.1 Å². The molecule has 0 atom stereocenters. The van der Waals surface area contributed by atoms with E-state index in [-0.39, 0.29) is 34.1 Å². The summed E-state index contributed by atoms with van der Waals surface area (Å²) < 4.78 is 19.6. The van der Waals surface area contributed by atoms with Crippen LogP contribution < -0.4 is 25.3 Å². The van der Waals surface area contributed by atoms with Gasteiger partial charge in [0.25, 0.3) is 0 Å². The van der Waals surface area contributed by atoms with Gasteiger partial charge in [-0.05, 0) is 23.6 Å². The lowest BCUT2D eigenvalue weighted by atomic mass is 9.84. The van der Waals surface area contributed by atoms with Crippen LogP contribution in [-0.2, 0) is 16.7 Å². The van der Waals surface area contributed by atoms with Crippen LogP contribution in [-0.4, -0.2) is 61.3 Å². The van der Waals surface area contributed by atoms with Gasteiger partial charge in [-0.2, -0.15) is 0 Å². The molecular formula is C26H32ClN5O5. The highest BCUT2D eigenvalue weighted by Gasteiger charge is 2.27. The van der Waals surface area contributed by atoms with E-state index in [1.165, 1.54) is 22.2 Å². The van der Waals surface area contributed by atoms with Crippen molar-refractivity contribution in [2.24, 2.45) is 0 Å². The number of carbonyl (C=O) groups excluding carboxylic acids is 2. The Bertz CT molecular complexity index is 1400. The van der Waals surface area contributed by atoms with E-state index in [0.717, 1.165) is 17.0 Å². The molecule has 1 aromatic carbocycles. The van der Waals surface area contributed by atoms with Crippen LogP contribution in [0.1, 0.15) is 36.7 Å². The molecule has 37 heavy (non-hydrogen) atoms. The van der Waals surface area contributed by atoms with Gasteiger partial charge in [-0.25, -0.2) is 4.79 Å². The second kappa shape index (κ2) is 10.5. The highest BCUT2D eigenvalue weighted by Crippen LogP contribution is 2.40. The van der Waals surface area contributed by atoms with E-state index in [4.69, 9.17) is 31.2 Å². The molecule has 0 radical (unpaired) electrons. The first-order valence-corrected chi connectivity index (χ1v) is 12.3. The van der Waals surface area contributed by atoms with Gasteiger partial charge in [0.05, 0.1) is 49.3 Å². The number of carbonyl (C=O) groups is 2. The molecule has 1 fully saturated rings. The zero-order valence-electron chi connectivity index (χ0n) is 21.7. The van der Waals surface area contributed by atoms with Gasteiger partial charge in [-0.15, -0.1) is 0 Å². The third-order valence-corrected chi connectivity index (χ3v) is 6.59. The molecule has 1 aliphatic heterocycles. The molecule has 2 N–H and O–H groups in total. The maximum atomic E-state index is 13.6. The number of morpholine rings is 1. The van der Waals surface area contributed by atoms with Crippen molar-refractivity contribution in [3.05, 3.63) is 52.4 Å². The Morgan fingerprint density at radius 1 is 1.16 bits per heavy atom. The number of imidazole rings is 1. The average Bonchev–Trinajstić information content (AvgIpc) is 3.16. The summed E-state index contributed by atoms with van der Waals surface area (Å²) in [6.45, 7) is 8.82. The van der Waals surface area contributed by atoms with Gasteiger partial charge < -0.3 is 29.0 Å². The van der Waals surface area contributed by atoms with Crippen molar-refractivity contribution in [2.45, 2.75) is 32.7 Å². The number of rotatable bonds is 6. The quantitative estimate of drug-likeness (QED) is 0.472. The third kappa shape index (κ3) is 5.45. The zero-order chi connectivity index (χ0) is 26.9. The number of methoxy groups -OCH3 is 1. The molecule has 0 bridgehead atoms. The largest absolute Gasteiger partial charge is 0.494 e. The number of benzene rings is 1. The molecular weight excluding hydrogens is 498 g/mol. The Balaban J connectivity index is 1.72. The van der Waals surface area contributed by atoms with Crippen molar-refractivity contribution in [2.75, 3.05) is 45.4 Å². The van der Waals surface area contributed by atoms with E-state index in [0.29, 0.717) is 37.4 Å². The number of ether oxygens (including phenoxy) is 3. The number of amides is 1. The Hall–Kier alpha value is -3.50. The number of aromatic nitrogens is 2. The lowest BCUT2D eigenvalue weighted by Crippen LogP contribution is -2.37. The molecule has 3 aromatic rings. The van der Waals surface area contributed by atoms with Crippen molar-refractivity contribution in [1.29, 1.82) is 5.41 Å². The van der Waals surface area contributed by atoms with Crippen molar-refractivity contribution in [3.63, 3.8) is 0 Å². The van der Waals surface area contributed by atoms with Crippen molar-refractivity contribution in [1.82, 2.24) is 14.3 Å². The highest BCUT2D eigenvalue weighted by molar-refractivity contribution is 6.32. The molecule has 3 heterocycles. The van der Waals surface area contributed by atoms with Gasteiger partial charge in [0.1, 0.15) is 5.75 Å². The number of pyridine rings is 1. The highest BCUT2D eigenvalue weighted by atomic mass is 35.5. The van der Waals surface area contributed by atoms with Gasteiger partial charge >= 0.3 is 6.09 Å². The van der Waals surface area contributed by atoms with Gasteiger partial charge in [0.2, 0.25) is 5.62 Å². The topological polar surface area (TPSA) is 110 Å². The molecule has 1 saturated heterocycles. The molecule has 198 valence electrons. The summed E-state index contributed by atoms with van der Waals surface area (Å²) in [5.74, 6) is 0.717. The number of nitrogens with one attached hydrogen (secondary N) is 2. The molecule has 0 saturated carbocycles. The van der Waals surface area contributed by atoms with Crippen LogP contribution in [0.3, 0.4) is 0 Å². The predicted octanol–water partition coefficient (Wildman–Crippen LogP) is 3.62. The number of ketones is 1. The third-order valence-electron chi connectivity index (χ3n) is 6.30. The van der Waals surface area contributed by atoms with Crippen LogP contribution in [0.25, 0.3) is 5.52 Å². The Labute approximate surface area is 220 Å². The predicted molar refractivity (Wildman–Crippen MR) is 140 cm³/mol. The second-order valence-corrected chi connectivity index (χ2v) is 10.3. The Kier molecular flexibility index (Phi) is 7.52. The molecule has 0 aliphatic carbocycles. The van der Waals surface area contributed by atoms with Crippen molar-refractivity contribution in [3.8, 4) is 11.5 Å². The molecule has 1 aliphatic rings. The van der Waals surface area contributed by atoms with E-state index >= 15 is 0 Å². The minimum absolute atomic E-state index is 0.0414. The van der Waals surface area contributed by atoms with E-state index < -0.39 is 6.09 Å². The van der Waals surface area contributed by atoms with Gasteiger partial charge in [0, 0.05) is 37.5 Å². The van der Waals surface area contributed by atoms with Crippen molar-refractivity contribution < 1.29 is 23.8 Å². The minimum Gasteiger partial charge on any atom is -0.494 e. The fourth-order valence-corrected chi connectivity index (χ4v) is 4.54. The van der Waals surface area contributed by atoms with Crippen LogP contribution in [0.15, 0.2) is 30.6 Å². The van der Waals surface area contributed by atoms with Gasteiger partial charge in [-0.1, -0.05) is 32.4 Å². The fraction of sp³-hybridized carbons (Fsp3) is 0.423. The first-order chi connectivity index (χ1) is 17.5. The summed E-state index contributed by atoms with van der Waals surface area (Å²) in [5.41, 5.74) is 2.70. The molecule has 1 amide bonds. The standard InChI is InChI=1S/C26H32ClN5O5/c1-26(2,3)18-10-16(11-20(23(18)35-5)30-6-8-36-9-7-30)21(33)14-31-13-17-12-19(27)22(37-25(34)29-4)15-32(17)24(31)28/h10-13,15,28H,6-9,14H2,1-5H3,(H,29,34). The van der Waals surface area contributed by atoms with Gasteiger partial charge in [-0.3, -0.25) is 14.6 Å². The summed E-state index contributed by atoms with van der Waals surface area (Å²) in [6.07, 6.45) is 2.46. The molecule has 0 spiro atoms. The van der Waals surface area contributed by atoms with E-state index in [2.05, 4.69) is 31.0 Å². The minimum atomic E-state index is -0.673. The van der Waals surface area contributed by atoms with E-state index in [9.17, 15) is 9.59 Å². The SMILES string of the molecule is CNC(=O)Oc1cn2c(=N)n(CC(=O)c3cc(N4CCOCC4)c(OC)c(C(C)(C)C)c3)cc2cc1Cl. The zero-order valence-corrected chi connectivity index (χ0v) is 22.4.